The molecule has 1 amide bonds. The fourth-order valence-electron chi connectivity index (χ4n) is 2.76. The molecule has 2 aliphatic rings. The molecular weight excluding hydrogens is 276 g/mol. The summed E-state index contributed by atoms with van der Waals surface area (Å²) in [5.74, 6) is 0.0511. The number of hydrogen-bond donors (Lipinski definition) is 2. The van der Waals surface area contributed by atoms with Crippen LogP contribution in [-0.4, -0.2) is 46.1 Å². The lowest BCUT2D eigenvalue weighted by Gasteiger charge is -2.34. The van der Waals surface area contributed by atoms with Crippen molar-refractivity contribution in [1.29, 1.82) is 0 Å². The van der Waals surface area contributed by atoms with Gasteiger partial charge in [0.05, 0.1) is 12.0 Å². The number of amides is 1. The van der Waals surface area contributed by atoms with Crippen molar-refractivity contribution in [2.75, 3.05) is 18.2 Å². The summed E-state index contributed by atoms with van der Waals surface area (Å²) >= 11 is 1.69. The fraction of sp³-hybridized carbons (Fsp3) is 0.429. The molecule has 0 bridgehead atoms. The van der Waals surface area contributed by atoms with E-state index in [9.17, 15) is 14.7 Å². The van der Waals surface area contributed by atoms with Crippen molar-refractivity contribution < 1.29 is 14.7 Å². The summed E-state index contributed by atoms with van der Waals surface area (Å²) in [6, 6.07) is 7.30. The minimum atomic E-state index is -0.872. The van der Waals surface area contributed by atoms with Crippen LogP contribution in [-0.2, 0) is 16.1 Å². The first-order valence-electron chi connectivity index (χ1n) is 6.57. The molecule has 1 saturated heterocycles. The molecular formula is C14H16N2O3S. The molecule has 2 aliphatic heterocycles. The summed E-state index contributed by atoms with van der Waals surface area (Å²) in [5, 5.41) is 12.5. The third-order valence-electron chi connectivity index (χ3n) is 3.82. The van der Waals surface area contributed by atoms with Crippen molar-refractivity contribution >= 4 is 23.6 Å². The Morgan fingerprint density at radius 1 is 1.35 bits per heavy atom. The van der Waals surface area contributed by atoms with Gasteiger partial charge < -0.3 is 10.0 Å². The Morgan fingerprint density at radius 3 is 2.85 bits per heavy atom. The van der Waals surface area contributed by atoms with E-state index in [0.717, 1.165) is 22.8 Å². The number of carboxylic acid groups (broad SMARTS) is 1. The second-order valence-corrected chi connectivity index (χ2v) is 6.11. The Labute approximate surface area is 121 Å². The third kappa shape index (κ3) is 2.41. The van der Waals surface area contributed by atoms with Crippen LogP contribution in [0.2, 0.25) is 0 Å². The van der Waals surface area contributed by atoms with E-state index in [1.807, 2.05) is 24.3 Å². The number of nitrogens with one attached hydrogen (secondary N) is 1. The highest BCUT2D eigenvalue weighted by atomic mass is 32.2. The Bertz CT molecular complexity index is 543. The molecule has 3 rings (SSSR count). The van der Waals surface area contributed by atoms with Crippen LogP contribution in [0.4, 0.5) is 0 Å². The van der Waals surface area contributed by atoms with Crippen LogP contribution in [0.5, 0.6) is 0 Å². The highest BCUT2D eigenvalue weighted by Gasteiger charge is 2.35. The summed E-state index contributed by atoms with van der Waals surface area (Å²) in [6.45, 7) is 0.760. The molecule has 20 heavy (non-hydrogen) atoms. The molecule has 0 radical (unpaired) electrons. The van der Waals surface area contributed by atoms with Gasteiger partial charge in [0.15, 0.2) is 0 Å². The van der Waals surface area contributed by atoms with Gasteiger partial charge in [0.25, 0.3) is 0 Å². The van der Waals surface area contributed by atoms with Gasteiger partial charge in [0.1, 0.15) is 0 Å². The maximum atomic E-state index is 12.4. The largest absolute Gasteiger partial charge is 0.481 e. The number of fused-ring (bicyclic) bond motifs is 1. The highest BCUT2D eigenvalue weighted by Crippen LogP contribution is 2.29. The van der Waals surface area contributed by atoms with Crippen LogP contribution in [0.15, 0.2) is 24.3 Å². The zero-order chi connectivity index (χ0) is 14.1. The zero-order valence-electron chi connectivity index (χ0n) is 10.9. The predicted molar refractivity (Wildman–Crippen MR) is 76.5 cm³/mol. The number of carbonyl (C=O) groups is 2. The predicted octanol–water partition coefficient (Wildman–Crippen LogP) is 0.859. The van der Waals surface area contributed by atoms with E-state index >= 15 is 0 Å². The summed E-state index contributed by atoms with van der Waals surface area (Å²) in [4.78, 5) is 25.6. The minimum absolute atomic E-state index is 0.00996. The molecule has 1 aromatic rings. The van der Waals surface area contributed by atoms with Crippen LogP contribution >= 0.6 is 11.8 Å². The van der Waals surface area contributed by atoms with E-state index in [2.05, 4.69) is 5.32 Å². The first-order valence-corrected chi connectivity index (χ1v) is 7.73. The molecule has 0 saturated carbocycles. The molecule has 6 heteroatoms. The SMILES string of the molecule is O=C(O)C1CN(C(=O)C2CSCN2)Cc2ccccc21. The van der Waals surface area contributed by atoms with Gasteiger partial charge >= 0.3 is 5.97 Å². The van der Waals surface area contributed by atoms with Gasteiger partial charge in [0, 0.05) is 24.7 Å². The Hall–Kier alpha value is -1.53. The van der Waals surface area contributed by atoms with E-state index in [1.54, 1.807) is 16.7 Å². The van der Waals surface area contributed by atoms with Crippen LogP contribution in [0, 0.1) is 0 Å². The first kappa shape index (κ1) is 13.5. The van der Waals surface area contributed by atoms with Crippen LogP contribution in [0.25, 0.3) is 0 Å². The fourth-order valence-corrected chi connectivity index (χ4v) is 3.69. The van der Waals surface area contributed by atoms with Gasteiger partial charge in [-0.15, -0.1) is 11.8 Å². The number of thioether (sulfide) groups is 1. The Kier molecular flexibility index (Phi) is 3.67. The van der Waals surface area contributed by atoms with Crippen molar-refractivity contribution in [2.45, 2.75) is 18.5 Å². The first-order chi connectivity index (χ1) is 9.66. The second kappa shape index (κ2) is 5.46. The molecule has 5 nitrogen and oxygen atoms in total. The van der Waals surface area contributed by atoms with Gasteiger partial charge in [-0.2, -0.15) is 0 Å². The van der Waals surface area contributed by atoms with Gasteiger partial charge in [-0.1, -0.05) is 24.3 Å². The Morgan fingerprint density at radius 2 is 2.15 bits per heavy atom. The summed E-state index contributed by atoms with van der Waals surface area (Å²) < 4.78 is 0. The molecule has 0 aliphatic carbocycles. The Balaban J connectivity index is 1.86. The number of hydrogen-bond acceptors (Lipinski definition) is 4. The molecule has 0 aromatic heterocycles. The molecule has 0 spiro atoms. The number of benzene rings is 1. The molecule has 2 heterocycles. The molecule has 1 aromatic carbocycles. The number of nitrogens with zero attached hydrogens (tertiary/aromatic N) is 1. The summed E-state index contributed by atoms with van der Waals surface area (Å²) in [6.07, 6.45) is 0. The van der Waals surface area contributed by atoms with E-state index in [1.165, 1.54) is 0 Å². The van der Waals surface area contributed by atoms with E-state index < -0.39 is 11.9 Å². The standard InChI is InChI=1S/C14H16N2O3S/c17-13(12-7-20-8-15-12)16-5-9-3-1-2-4-10(9)11(6-16)14(18)19/h1-4,11-12,15H,5-8H2,(H,18,19). The summed E-state index contributed by atoms with van der Waals surface area (Å²) in [7, 11) is 0. The molecule has 2 unspecified atom stereocenters. The van der Waals surface area contributed by atoms with Gasteiger partial charge in [-0.3, -0.25) is 14.9 Å². The second-order valence-electron chi connectivity index (χ2n) is 5.08. The van der Waals surface area contributed by atoms with Crippen LogP contribution in [0.1, 0.15) is 17.0 Å². The average Bonchev–Trinajstić information content (AvgIpc) is 2.99. The number of carbonyl (C=O) groups excluding carboxylic acids is 1. The zero-order valence-corrected chi connectivity index (χ0v) is 11.7. The lowest BCUT2D eigenvalue weighted by molar-refractivity contribution is -0.141. The maximum Gasteiger partial charge on any atom is 0.312 e. The van der Waals surface area contributed by atoms with Gasteiger partial charge in [-0.25, -0.2) is 0 Å². The molecule has 2 N–H and O–H groups in total. The highest BCUT2D eigenvalue weighted by molar-refractivity contribution is 7.99. The number of carboxylic acids is 1. The quantitative estimate of drug-likeness (QED) is 0.846. The molecule has 1 fully saturated rings. The summed E-state index contributed by atoms with van der Waals surface area (Å²) in [5.41, 5.74) is 1.77. The van der Waals surface area contributed by atoms with Crippen LogP contribution < -0.4 is 5.32 Å². The van der Waals surface area contributed by atoms with E-state index in [0.29, 0.717) is 6.54 Å². The molecule has 106 valence electrons. The van der Waals surface area contributed by atoms with Gasteiger partial charge in [0.2, 0.25) is 5.91 Å². The van der Waals surface area contributed by atoms with Gasteiger partial charge in [-0.05, 0) is 11.1 Å². The average molecular weight is 292 g/mol. The van der Waals surface area contributed by atoms with Crippen molar-refractivity contribution in [3.8, 4) is 0 Å². The van der Waals surface area contributed by atoms with Crippen molar-refractivity contribution in [3.63, 3.8) is 0 Å². The van der Waals surface area contributed by atoms with Crippen molar-refractivity contribution in [1.82, 2.24) is 10.2 Å². The van der Waals surface area contributed by atoms with E-state index in [-0.39, 0.29) is 18.5 Å². The van der Waals surface area contributed by atoms with Crippen molar-refractivity contribution in [3.05, 3.63) is 35.4 Å². The third-order valence-corrected chi connectivity index (χ3v) is 4.76. The molecule has 2 atom stereocenters. The maximum absolute atomic E-state index is 12.4. The lowest BCUT2D eigenvalue weighted by atomic mass is 9.89. The lowest BCUT2D eigenvalue weighted by Crippen LogP contribution is -2.48. The van der Waals surface area contributed by atoms with Crippen molar-refractivity contribution in [2.24, 2.45) is 0 Å². The smallest absolute Gasteiger partial charge is 0.312 e. The van der Waals surface area contributed by atoms with Crippen LogP contribution in [0.3, 0.4) is 0 Å². The topological polar surface area (TPSA) is 69.6 Å². The monoisotopic (exact) mass is 292 g/mol. The van der Waals surface area contributed by atoms with E-state index in [4.69, 9.17) is 0 Å². The number of rotatable bonds is 2. The number of aliphatic carboxylic acids is 1. The normalized spacial score (nSPS) is 25.3. The minimum Gasteiger partial charge on any atom is -0.481 e.